The van der Waals surface area contributed by atoms with Gasteiger partial charge in [-0.05, 0) is 24.3 Å². The first-order valence-electron chi connectivity index (χ1n) is 5.56. The number of nitrogens with zero attached hydrogens (tertiary/aromatic N) is 2. The van der Waals surface area contributed by atoms with Gasteiger partial charge in [0.2, 0.25) is 0 Å². The maximum Gasteiger partial charge on any atom is 0.135 e. The van der Waals surface area contributed by atoms with E-state index in [1.54, 1.807) is 0 Å². The van der Waals surface area contributed by atoms with Gasteiger partial charge < -0.3 is 16.4 Å². The molecule has 0 atom stereocenters. The fourth-order valence-corrected chi connectivity index (χ4v) is 1.53. The van der Waals surface area contributed by atoms with Gasteiger partial charge in [0.05, 0.1) is 0 Å². The average Bonchev–Trinajstić information content (AvgIpc) is 2.40. The van der Waals surface area contributed by atoms with E-state index in [4.69, 9.17) is 17.3 Å². The normalized spacial score (nSPS) is 10.1. The smallest absolute Gasteiger partial charge is 0.135 e. The topological polar surface area (TPSA) is 75.9 Å². The highest BCUT2D eigenvalue weighted by Gasteiger charge is 1.99. The fraction of sp³-hybridized carbons (Fsp3) is 0.167. The molecule has 18 heavy (non-hydrogen) atoms. The predicted octanol–water partition coefficient (Wildman–Crippen LogP) is 2.24. The molecule has 0 aliphatic heterocycles. The molecule has 0 fully saturated rings. The Morgan fingerprint density at radius 3 is 2.56 bits per heavy atom. The largest absolute Gasteiger partial charge is 0.369 e. The van der Waals surface area contributed by atoms with Crippen LogP contribution in [0.15, 0.2) is 36.7 Å². The summed E-state index contributed by atoms with van der Waals surface area (Å²) in [4.78, 5) is 8.23. The highest BCUT2D eigenvalue weighted by molar-refractivity contribution is 6.30. The van der Waals surface area contributed by atoms with Crippen molar-refractivity contribution in [1.82, 2.24) is 9.97 Å². The van der Waals surface area contributed by atoms with Crippen LogP contribution in [0.25, 0.3) is 0 Å². The minimum absolute atomic E-state index is 0.559. The molecule has 0 saturated carbocycles. The van der Waals surface area contributed by atoms with Crippen LogP contribution < -0.4 is 16.4 Å². The van der Waals surface area contributed by atoms with Crippen molar-refractivity contribution in [3.05, 3.63) is 41.7 Å². The van der Waals surface area contributed by atoms with Crippen molar-refractivity contribution in [3.8, 4) is 0 Å². The quantitative estimate of drug-likeness (QED) is 0.771. The Morgan fingerprint density at radius 1 is 1.11 bits per heavy atom. The van der Waals surface area contributed by atoms with E-state index in [1.165, 1.54) is 6.33 Å². The molecule has 4 N–H and O–H groups in total. The number of hydrogen-bond donors (Lipinski definition) is 3. The minimum Gasteiger partial charge on any atom is -0.369 e. The van der Waals surface area contributed by atoms with Gasteiger partial charge in [-0.2, -0.15) is 0 Å². The molecule has 0 aliphatic carbocycles. The summed E-state index contributed by atoms with van der Waals surface area (Å²) in [6.07, 6.45) is 1.50. The number of halogens is 1. The third-order valence-electron chi connectivity index (χ3n) is 2.23. The van der Waals surface area contributed by atoms with Gasteiger partial charge in [-0.1, -0.05) is 11.6 Å². The Morgan fingerprint density at radius 2 is 1.83 bits per heavy atom. The lowest BCUT2D eigenvalue weighted by atomic mass is 10.3. The van der Waals surface area contributed by atoms with Crippen LogP contribution >= 0.6 is 11.6 Å². The maximum absolute atomic E-state index is 5.82. The molecule has 1 aromatic heterocycles. The van der Waals surface area contributed by atoms with Gasteiger partial charge in [-0.3, -0.25) is 0 Å². The molecule has 0 unspecified atom stereocenters. The van der Waals surface area contributed by atoms with Gasteiger partial charge in [-0.15, -0.1) is 0 Å². The van der Waals surface area contributed by atoms with E-state index >= 15 is 0 Å². The van der Waals surface area contributed by atoms with Crippen molar-refractivity contribution in [2.45, 2.75) is 0 Å². The molecule has 1 aromatic carbocycles. The van der Waals surface area contributed by atoms with E-state index in [0.29, 0.717) is 23.9 Å². The average molecular weight is 264 g/mol. The molecule has 0 amide bonds. The molecule has 2 rings (SSSR count). The van der Waals surface area contributed by atoms with Crippen molar-refractivity contribution in [3.63, 3.8) is 0 Å². The lowest BCUT2D eigenvalue weighted by Gasteiger charge is -2.08. The van der Waals surface area contributed by atoms with E-state index in [9.17, 15) is 0 Å². The van der Waals surface area contributed by atoms with Gasteiger partial charge in [0.25, 0.3) is 0 Å². The fourth-order valence-electron chi connectivity index (χ4n) is 1.40. The summed E-state index contributed by atoms with van der Waals surface area (Å²) < 4.78 is 0. The first-order chi connectivity index (χ1) is 8.78. The van der Waals surface area contributed by atoms with E-state index < -0.39 is 0 Å². The summed E-state index contributed by atoms with van der Waals surface area (Å²) in [7, 11) is 0. The monoisotopic (exact) mass is 263 g/mol. The van der Waals surface area contributed by atoms with Crippen LogP contribution in [0.5, 0.6) is 0 Å². The standard InChI is InChI=1S/C12H14ClN5/c13-9-1-3-10(4-2-9)18-12-7-11(15-6-5-14)16-8-17-12/h1-4,7-8H,5-6,14H2,(H2,15,16,17,18). The summed E-state index contributed by atoms with van der Waals surface area (Å²) in [5, 5.41) is 6.96. The number of aromatic nitrogens is 2. The molecule has 1 heterocycles. The van der Waals surface area contributed by atoms with Gasteiger partial charge in [0.15, 0.2) is 0 Å². The summed E-state index contributed by atoms with van der Waals surface area (Å²) in [5.74, 6) is 1.46. The van der Waals surface area contributed by atoms with Crippen molar-refractivity contribution in [2.75, 3.05) is 23.7 Å². The molecule has 0 spiro atoms. The van der Waals surface area contributed by atoms with Gasteiger partial charge in [0.1, 0.15) is 18.0 Å². The third-order valence-corrected chi connectivity index (χ3v) is 2.49. The van der Waals surface area contributed by atoms with Gasteiger partial charge >= 0.3 is 0 Å². The maximum atomic E-state index is 5.82. The van der Waals surface area contributed by atoms with Gasteiger partial charge in [0, 0.05) is 29.9 Å². The van der Waals surface area contributed by atoms with E-state index in [2.05, 4.69) is 20.6 Å². The predicted molar refractivity (Wildman–Crippen MR) is 74.3 cm³/mol. The van der Waals surface area contributed by atoms with Crippen molar-refractivity contribution in [2.24, 2.45) is 5.73 Å². The summed E-state index contributed by atoms with van der Waals surface area (Å²) in [5.41, 5.74) is 6.34. The summed E-state index contributed by atoms with van der Waals surface area (Å²) in [6.45, 7) is 1.24. The molecular formula is C12H14ClN5. The number of nitrogens with one attached hydrogen (secondary N) is 2. The van der Waals surface area contributed by atoms with Crippen LogP contribution in [-0.4, -0.2) is 23.1 Å². The summed E-state index contributed by atoms with van der Waals surface area (Å²) in [6, 6.07) is 9.23. The van der Waals surface area contributed by atoms with Crippen molar-refractivity contribution in [1.29, 1.82) is 0 Å². The molecule has 0 aliphatic rings. The van der Waals surface area contributed by atoms with Crippen LogP contribution in [0.3, 0.4) is 0 Å². The molecule has 94 valence electrons. The SMILES string of the molecule is NCCNc1cc(Nc2ccc(Cl)cc2)ncn1. The first-order valence-corrected chi connectivity index (χ1v) is 5.94. The Bertz CT molecular complexity index is 500. The van der Waals surface area contributed by atoms with Crippen LogP contribution in [0.2, 0.25) is 5.02 Å². The van der Waals surface area contributed by atoms with Crippen LogP contribution in [-0.2, 0) is 0 Å². The Hall–Kier alpha value is -1.85. The van der Waals surface area contributed by atoms with Gasteiger partial charge in [-0.25, -0.2) is 9.97 Å². The number of anilines is 3. The molecule has 6 heteroatoms. The third kappa shape index (κ3) is 3.58. The number of benzene rings is 1. The Labute approximate surface area is 110 Å². The highest BCUT2D eigenvalue weighted by atomic mass is 35.5. The van der Waals surface area contributed by atoms with E-state index in [0.717, 1.165) is 11.5 Å². The highest BCUT2D eigenvalue weighted by Crippen LogP contribution is 2.18. The molecule has 2 aromatic rings. The Balaban J connectivity index is 2.06. The molecule has 0 bridgehead atoms. The van der Waals surface area contributed by atoms with E-state index in [-0.39, 0.29) is 0 Å². The first kappa shape index (κ1) is 12.6. The second-order valence-corrected chi connectivity index (χ2v) is 4.07. The van der Waals surface area contributed by atoms with Crippen molar-refractivity contribution < 1.29 is 0 Å². The number of nitrogens with two attached hydrogens (primary N) is 1. The molecule has 5 nitrogen and oxygen atoms in total. The Kier molecular flexibility index (Phi) is 4.33. The molecule has 0 radical (unpaired) electrons. The minimum atomic E-state index is 0.559. The number of hydrogen-bond acceptors (Lipinski definition) is 5. The lowest BCUT2D eigenvalue weighted by molar-refractivity contribution is 1.00. The second kappa shape index (κ2) is 6.18. The van der Waals surface area contributed by atoms with Crippen LogP contribution in [0.1, 0.15) is 0 Å². The van der Waals surface area contributed by atoms with Crippen molar-refractivity contribution >= 4 is 28.9 Å². The molecular weight excluding hydrogens is 250 g/mol. The lowest BCUT2D eigenvalue weighted by Crippen LogP contribution is -2.14. The van der Waals surface area contributed by atoms with Crippen LogP contribution in [0.4, 0.5) is 17.3 Å². The zero-order chi connectivity index (χ0) is 12.8. The zero-order valence-corrected chi connectivity index (χ0v) is 10.5. The molecule has 0 saturated heterocycles. The number of rotatable bonds is 5. The summed E-state index contributed by atoms with van der Waals surface area (Å²) >= 11 is 5.82. The van der Waals surface area contributed by atoms with E-state index in [1.807, 2.05) is 30.3 Å². The second-order valence-electron chi connectivity index (χ2n) is 3.64. The van der Waals surface area contributed by atoms with Crippen LogP contribution in [0, 0.1) is 0 Å². The zero-order valence-electron chi connectivity index (χ0n) is 9.73.